The number of benzene rings is 3. The Bertz CT molecular complexity index is 1250. The first-order chi connectivity index (χ1) is 15.9. The van der Waals surface area contributed by atoms with Crippen LogP contribution in [0.3, 0.4) is 0 Å². The van der Waals surface area contributed by atoms with Crippen molar-refractivity contribution in [1.29, 1.82) is 0 Å². The van der Waals surface area contributed by atoms with Gasteiger partial charge in [-0.05, 0) is 46.9 Å². The molecule has 0 unspecified atom stereocenters. The number of carbonyl (C=O) groups is 2. The summed E-state index contributed by atoms with van der Waals surface area (Å²) >= 11 is 0. The molecule has 0 spiro atoms. The van der Waals surface area contributed by atoms with Crippen molar-refractivity contribution in [3.63, 3.8) is 0 Å². The monoisotopic (exact) mass is 445 g/mol. The number of fused-ring (bicyclic) bond motifs is 3. The lowest BCUT2D eigenvalue weighted by Gasteiger charge is -2.23. The number of carbonyl (C=O) groups excluding carboxylic acids is 2. The Balaban J connectivity index is 1.52. The molecular formula is C27H24FNO4. The lowest BCUT2D eigenvalue weighted by molar-refractivity contribution is -0.139. The Labute approximate surface area is 191 Å². The Morgan fingerprint density at radius 1 is 1.12 bits per heavy atom. The quantitative estimate of drug-likeness (QED) is 0.511. The highest BCUT2D eigenvalue weighted by atomic mass is 19.1. The molecule has 1 fully saturated rings. The number of methoxy groups -OCH3 is 1. The molecule has 0 radical (unpaired) electrons. The zero-order valence-corrected chi connectivity index (χ0v) is 18.5. The summed E-state index contributed by atoms with van der Waals surface area (Å²) in [7, 11) is 1.33. The Kier molecular flexibility index (Phi) is 5.36. The van der Waals surface area contributed by atoms with Crippen LogP contribution in [0.25, 0.3) is 11.1 Å². The number of ether oxygens (including phenoxy) is 2. The van der Waals surface area contributed by atoms with Gasteiger partial charge in [-0.2, -0.15) is 0 Å². The molecule has 5 rings (SSSR count). The van der Waals surface area contributed by atoms with E-state index in [2.05, 4.69) is 6.07 Å². The van der Waals surface area contributed by atoms with Gasteiger partial charge in [0.1, 0.15) is 11.9 Å². The molecule has 0 N–H and O–H groups in total. The molecular weight excluding hydrogens is 421 g/mol. The Morgan fingerprint density at radius 3 is 2.76 bits per heavy atom. The van der Waals surface area contributed by atoms with E-state index in [4.69, 9.17) is 9.47 Å². The van der Waals surface area contributed by atoms with Gasteiger partial charge in [0.15, 0.2) is 0 Å². The number of amides is 1. The van der Waals surface area contributed by atoms with Crippen molar-refractivity contribution in [3.05, 3.63) is 94.3 Å². The van der Waals surface area contributed by atoms with Gasteiger partial charge in [0.25, 0.3) is 0 Å². The predicted octanol–water partition coefficient (Wildman–Crippen LogP) is 5.13. The zero-order chi connectivity index (χ0) is 23.1. The molecule has 3 aromatic rings. The van der Waals surface area contributed by atoms with Crippen molar-refractivity contribution in [1.82, 2.24) is 4.90 Å². The molecule has 168 valence electrons. The minimum atomic E-state index is -0.387. The van der Waals surface area contributed by atoms with Crippen LogP contribution in [0.15, 0.2) is 60.7 Å². The third-order valence-electron chi connectivity index (χ3n) is 6.47. The van der Waals surface area contributed by atoms with E-state index in [0.717, 1.165) is 16.7 Å². The summed E-state index contributed by atoms with van der Waals surface area (Å²) in [4.78, 5) is 26.3. The molecule has 6 heteroatoms. The van der Waals surface area contributed by atoms with Gasteiger partial charge in [-0.15, -0.1) is 0 Å². The van der Waals surface area contributed by atoms with E-state index in [0.29, 0.717) is 29.7 Å². The minimum absolute atomic E-state index is 0.0595. The van der Waals surface area contributed by atoms with Crippen molar-refractivity contribution in [2.75, 3.05) is 7.11 Å². The van der Waals surface area contributed by atoms with Crippen LogP contribution < -0.4 is 0 Å². The summed E-state index contributed by atoms with van der Waals surface area (Å²) in [6, 6.07) is 18.3. The molecule has 1 heterocycles. The fourth-order valence-corrected chi connectivity index (χ4v) is 4.91. The van der Waals surface area contributed by atoms with Crippen molar-refractivity contribution in [2.45, 2.75) is 38.5 Å². The number of hydrogen-bond donors (Lipinski definition) is 0. The second-order valence-corrected chi connectivity index (χ2v) is 8.63. The van der Waals surface area contributed by atoms with E-state index in [9.17, 15) is 14.0 Å². The van der Waals surface area contributed by atoms with Gasteiger partial charge in [0.05, 0.1) is 26.1 Å². The molecule has 1 aliphatic heterocycles. The van der Waals surface area contributed by atoms with Crippen LogP contribution in [0.1, 0.15) is 33.9 Å². The molecule has 1 aliphatic carbocycles. The fourth-order valence-electron chi connectivity index (χ4n) is 4.91. The summed E-state index contributed by atoms with van der Waals surface area (Å²) in [5, 5.41) is 0. The maximum absolute atomic E-state index is 14.9. The van der Waals surface area contributed by atoms with Crippen LogP contribution in [-0.2, 0) is 33.7 Å². The third kappa shape index (κ3) is 3.86. The number of esters is 1. The number of rotatable bonds is 5. The molecule has 1 saturated heterocycles. The first kappa shape index (κ1) is 21.2. The van der Waals surface area contributed by atoms with E-state index in [1.54, 1.807) is 17.0 Å². The second-order valence-electron chi connectivity index (χ2n) is 8.63. The van der Waals surface area contributed by atoms with Crippen LogP contribution in [0.5, 0.6) is 0 Å². The normalized spacial score (nSPS) is 18.6. The molecule has 5 nitrogen and oxygen atoms in total. The average molecular weight is 445 g/mol. The third-order valence-corrected chi connectivity index (χ3v) is 6.47. The topological polar surface area (TPSA) is 55.8 Å². The SMILES string of the molecule is COC(=O)Cc1ccc(F)c(-c2ccc(C)cc2CN2C(=O)O[C@@H]3Cc4ccccc4[C@@H]32)c1. The first-order valence-electron chi connectivity index (χ1n) is 10.9. The van der Waals surface area contributed by atoms with Crippen LogP contribution >= 0.6 is 0 Å². The highest BCUT2D eigenvalue weighted by molar-refractivity contribution is 5.76. The molecule has 0 bridgehead atoms. The van der Waals surface area contributed by atoms with Crippen LogP contribution in [0.4, 0.5) is 9.18 Å². The van der Waals surface area contributed by atoms with Crippen LogP contribution in [-0.4, -0.2) is 30.2 Å². The second kappa shape index (κ2) is 8.35. The predicted molar refractivity (Wildman–Crippen MR) is 121 cm³/mol. The van der Waals surface area contributed by atoms with Gasteiger partial charge in [-0.1, -0.05) is 54.1 Å². The summed E-state index contributed by atoms with van der Waals surface area (Å²) in [6.45, 7) is 2.26. The fraction of sp³-hybridized carbons (Fsp3) is 0.259. The van der Waals surface area contributed by atoms with E-state index >= 15 is 0 Å². The van der Waals surface area contributed by atoms with Crippen LogP contribution in [0.2, 0.25) is 0 Å². The van der Waals surface area contributed by atoms with Gasteiger partial charge in [0, 0.05) is 12.0 Å². The maximum Gasteiger partial charge on any atom is 0.411 e. The van der Waals surface area contributed by atoms with Crippen molar-refractivity contribution in [2.24, 2.45) is 0 Å². The first-order valence-corrected chi connectivity index (χ1v) is 10.9. The standard InChI is InChI=1S/C27H24FNO4/c1-16-7-9-20(22-12-17(8-10-23(22)28)13-25(30)32-2)19(11-16)15-29-26-21-6-4-3-5-18(21)14-24(26)33-27(29)31/h3-12,24,26H,13-15H2,1-2H3/t24-,26+/m1/s1. The largest absolute Gasteiger partial charge is 0.469 e. The number of nitrogens with zero attached hydrogens (tertiary/aromatic N) is 1. The summed E-state index contributed by atoms with van der Waals surface area (Å²) in [5.74, 6) is -0.774. The van der Waals surface area contributed by atoms with Gasteiger partial charge in [-0.25, -0.2) is 9.18 Å². The van der Waals surface area contributed by atoms with E-state index < -0.39 is 0 Å². The number of hydrogen-bond acceptors (Lipinski definition) is 4. The summed E-state index contributed by atoms with van der Waals surface area (Å²) < 4.78 is 25.4. The van der Waals surface area contributed by atoms with E-state index in [-0.39, 0.29) is 36.4 Å². The smallest absolute Gasteiger partial charge is 0.411 e. The van der Waals surface area contributed by atoms with Crippen molar-refractivity contribution in [3.8, 4) is 11.1 Å². The Hall–Kier alpha value is -3.67. The van der Waals surface area contributed by atoms with Crippen molar-refractivity contribution >= 4 is 12.1 Å². The van der Waals surface area contributed by atoms with Gasteiger partial charge in [0.2, 0.25) is 0 Å². The molecule has 0 aromatic heterocycles. The number of halogens is 1. The molecule has 2 aliphatic rings. The number of aryl methyl sites for hydroxylation is 1. The molecule has 0 saturated carbocycles. The molecule has 3 aromatic carbocycles. The van der Waals surface area contributed by atoms with Gasteiger partial charge >= 0.3 is 12.1 Å². The van der Waals surface area contributed by atoms with Crippen LogP contribution in [0, 0.1) is 12.7 Å². The summed E-state index contributed by atoms with van der Waals surface area (Å²) in [6.07, 6.45) is 0.202. The summed E-state index contributed by atoms with van der Waals surface area (Å²) in [5.41, 5.74) is 5.87. The lowest BCUT2D eigenvalue weighted by Crippen LogP contribution is -2.27. The minimum Gasteiger partial charge on any atom is -0.469 e. The zero-order valence-electron chi connectivity index (χ0n) is 18.5. The molecule has 2 atom stereocenters. The lowest BCUT2D eigenvalue weighted by atomic mass is 9.94. The van der Waals surface area contributed by atoms with Crippen molar-refractivity contribution < 1.29 is 23.5 Å². The van der Waals surface area contributed by atoms with Gasteiger partial charge < -0.3 is 9.47 Å². The van der Waals surface area contributed by atoms with E-state index in [1.165, 1.54) is 18.7 Å². The molecule has 33 heavy (non-hydrogen) atoms. The average Bonchev–Trinajstić information content (AvgIpc) is 3.30. The molecule has 1 amide bonds. The van der Waals surface area contributed by atoms with E-state index in [1.807, 2.05) is 43.3 Å². The highest BCUT2D eigenvalue weighted by Gasteiger charge is 2.47. The van der Waals surface area contributed by atoms with Gasteiger partial charge in [-0.3, -0.25) is 9.69 Å². The maximum atomic E-state index is 14.9. The highest BCUT2D eigenvalue weighted by Crippen LogP contribution is 2.44. The Morgan fingerprint density at radius 2 is 1.94 bits per heavy atom.